The van der Waals surface area contributed by atoms with Gasteiger partial charge in [0.2, 0.25) is 0 Å². The maximum atomic E-state index is 12.1. The highest BCUT2D eigenvalue weighted by Crippen LogP contribution is 2.29. The summed E-state index contributed by atoms with van der Waals surface area (Å²) in [6.07, 6.45) is -3.19. The van der Waals surface area contributed by atoms with Crippen molar-refractivity contribution in [3.05, 3.63) is 29.8 Å². The Morgan fingerprint density at radius 2 is 1.45 bits per heavy atom. The van der Waals surface area contributed by atoms with E-state index in [9.17, 15) is 13.2 Å². The van der Waals surface area contributed by atoms with Gasteiger partial charge in [0.25, 0.3) is 0 Å². The summed E-state index contributed by atoms with van der Waals surface area (Å²) in [4.78, 5) is 0. The predicted octanol–water partition coefficient (Wildman–Crippen LogP) is 3.14. The molecule has 6 heteroatoms. The number of alkyl halides is 3. The van der Waals surface area contributed by atoms with E-state index < -0.39 is 6.36 Å². The molecule has 4 N–H and O–H groups in total. The van der Waals surface area contributed by atoms with Crippen molar-refractivity contribution in [3.8, 4) is 5.75 Å². The minimum absolute atomic E-state index is 0.00449. The second-order valence-electron chi connectivity index (χ2n) is 5.24. The molecule has 0 fully saturated rings. The molecular weight excluding hydrogens is 269 g/mol. The summed E-state index contributed by atoms with van der Waals surface area (Å²) < 4.78 is 40.1. The average molecular weight is 290 g/mol. The minimum Gasteiger partial charge on any atom is -0.406 e. The molecule has 0 radical (unpaired) electrons. The van der Waals surface area contributed by atoms with E-state index in [-0.39, 0.29) is 23.8 Å². The van der Waals surface area contributed by atoms with Gasteiger partial charge in [-0.3, -0.25) is 0 Å². The van der Waals surface area contributed by atoms with Crippen LogP contribution in [-0.2, 0) is 0 Å². The van der Waals surface area contributed by atoms with Gasteiger partial charge in [-0.2, -0.15) is 0 Å². The summed E-state index contributed by atoms with van der Waals surface area (Å²) in [7, 11) is 0. The second kappa shape index (κ2) is 6.95. The highest BCUT2D eigenvalue weighted by atomic mass is 19.4. The standard InChI is InChI=1S/C14H21F3N2O/c1-9(18)7-12(8-10(2)19)11-3-5-13(6-4-11)20-14(15,16)17/h3-6,9-10,12H,7-8,18-19H2,1-2H3. The van der Waals surface area contributed by atoms with Crippen LogP contribution in [0.15, 0.2) is 24.3 Å². The first kappa shape index (κ1) is 16.8. The Balaban J connectivity index is 2.81. The van der Waals surface area contributed by atoms with E-state index in [0.29, 0.717) is 0 Å². The van der Waals surface area contributed by atoms with E-state index in [1.54, 1.807) is 12.1 Å². The molecule has 1 aromatic rings. The number of hydrogen-bond acceptors (Lipinski definition) is 3. The number of rotatable bonds is 6. The molecule has 3 nitrogen and oxygen atoms in total. The van der Waals surface area contributed by atoms with Gasteiger partial charge in [-0.05, 0) is 50.3 Å². The topological polar surface area (TPSA) is 61.3 Å². The quantitative estimate of drug-likeness (QED) is 0.846. The van der Waals surface area contributed by atoms with Crippen LogP contribution < -0.4 is 16.2 Å². The molecule has 2 atom stereocenters. The van der Waals surface area contributed by atoms with Crippen LogP contribution in [0.4, 0.5) is 13.2 Å². The summed E-state index contributed by atoms with van der Waals surface area (Å²) in [5, 5.41) is 0. The lowest BCUT2D eigenvalue weighted by Gasteiger charge is -2.21. The Kier molecular flexibility index (Phi) is 5.83. The fraction of sp³-hybridized carbons (Fsp3) is 0.571. The third-order valence-electron chi connectivity index (χ3n) is 2.90. The lowest BCUT2D eigenvalue weighted by molar-refractivity contribution is -0.274. The van der Waals surface area contributed by atoms with Gasteiger partial charge in [0, 0.05) is 12.1 Å². The van der Waals surface area contributed by atoms with E-state index >= 15 is 0 Å². The predicted molar refractivity (Wildman–Crippen MR) is 72.4 cm³/mol. The summed E-state index contributed by atoms with van der Waals surface area (Å²) in [6.45, 7) is 3.80. The van der Waals surface area contributed by atoms with E-state index in [4.69, 9.17) is 11.5 Å². The van der Waals surface area contributed by atoms with Crippen molar-refractivity contribution in [3.63, 3.8) is 0 Å². The molecule has 114 valence electrons. The molecule has 1 aromatic carbocycles. The van der Waals surface area contributed by atoms with Crippen molar-refractivity contribution in [2.45, 2.75) is 51.1 Å². The van der Waals surface area contributed by atoms with E-state index in [1.807, 2.05) is 13.8 Å². The van der Waals surface area contributed by atoms with Crippen LogP contribution in [0, 0.1) is 0 Å². The van der Waals surface area contributed by atoms with Gasteiger partial charge in [-0.15, -0.1) is 13.2 Å². The molecule has 0 aliphatic heterocycles. The highest BCUT2D eigenvalue weighted by Gasteiger charge is 2.31. The number of nitrogens with two attached hydrogens (primary N) is 2. The Morgan fingerprint density at radius 1 is 1.00 bits per heavy atom. The Hall–Kier alpha value is -1.27. The molecule has 0 aromatic heterocycles. The minimum atomic E-state index is -4.67. The SMILES string of the molecule is CC(N)CC(CC(C)N)c1ccc(OC(F)(F)F)cc1. The lowest BCUT2D eigenvalue weighted by atomic mass is 9.88. The van der Waals surface area contributed by atoms with Gasteiger partial charge in [0.15, 0.2) is 0 Å². The zero-order chi connectivity index (χ0) is 15.3. The smallest absolute Gasteiger partial charge is 0.406 e. The average Bonchev–Trinajstić information content (AvgIpc) is 2.25. The number of hydrogen-bond donors (Lipinski definition) is 2. The fourth-order valence-electron chi connectivity index (χ4n) is 2.21. The first-order chi connectivity index (χ1) is 9.17. The maximum absolute atomic E-state index is 12.1. The van der Waals surface area contributed by atoms with Crippen molar-refractivity contribution >= 4 is 0 Å². The largest absolute Gasteiger partial charge is 0.573 e. The molecule has 0 amide bonds. The van der Waals surface area contributed by atoms with Gasteiger partial charge in [-0.25, -0.2) is 0 Å². The molecule has 1 rings (SSSR count). The molecule has 0 heterocycles. The van der Waals surface area contributed by atoms with Crippen molar-refractivity contribution in [1.82, 2.24) is 0 Å². The van der Waals surface area contributed by atoms with Gasteiger partial charge >= 0.3 is 6.36 Å². The number of halogens is 3. The van der Waals surface area contributed by atoms with Crippen molar-refractivity contribution in [2.24, 2.45) is 11.5 Å². The molecule has 0 saturated heterocycles. The van der Waals surface area contributed by atoms with Crippen LogP contribution in [0.3, 0.4) is 0 Å². The molecule has 0 aliphatic carbocycles. The second-order valence-corrected chi connectivity index (χ2v) is 5.24. The molecule has 0 spiro atoms. The van der Waals surface area contributed by atoms with Crippen LogP contribution in [0.2, 0.25) is 0 Å². The molecular formula is C14H21F3N2O. The van der Waals surface area contributed by atoms with Crippen molar-refractivity contribution in [2.75, 3.05) is 0 Å². The van der Waals surface area contributed by atoms with Crippen LogP contribution >= 0.6 is 0 Å². The van der Waals surface area contributed by atoms with Crippen LogP contribution in [-0.4, -0.2) is 18.4 Å². The zero-order valence-corrected chi connectivity index (χ0v) is 11.7. The normalized spacial score (nSPS) is 16.6. The lowest BCUT2D eigenvalue weighted by Crippen LogP contribution is -2.24. The van der Waals surface area contributed by atoms with Crippen LogP contribution in [0.5, 0.6) is 5.75 Å². The first-order valence-electron chi connectivity index (χ1n) is 6.54. The monoisotopic (exact) mass is 290 g/mol. The molecule has 0 bridgehead atoms. The third-order valence-corrected chi connectivity index (χ3v) is 2.90. The van der Waals surface area contributed by atoms with Gasteiger partial charge in [0.05, 0.1) is 0 Å². The molecule has 20 heavy (non-hydrogen) atoms. The number of benzene rings is 1. The molecule has 2 unspecified atom stereocenters. The Labute approximate surface area is 117 Å². The first-order valence-corrected chi connectivity index (χ1v) is 6.54. The zero-order valence-electron chi connectivity index (χ0n) is 11.7. The summed E-state index contributed by atoms with van der Waals surface area (Å²) >= 11 is 0. The van der Waals surface area contributed by atoms with Gasteiger partial charge < -0.3 is 16.2 Å². The number of ether oxygens (including phenoxy) is 1. The van der Waals surface area contributed by atoms with Crippen molar-refractivity contribution < 1.29 is 17.9 Å². The summed E-state index contributed by atoms with van der Waals surface area (Å²) in [5.41, 5.74) is 12.5. The van der Waals surface area contributed by atoms with E-state index in [0.717, 1.165) is 18.4 Å². The van der Waals surface area contributed by atoms with E-state index in [1.165, 1.54) is 12.1 Å². The van der Waals surface area contributed by atoms with Crippen LogP contribution in [0.25, 0.3) is 0 Å². The van der Waals surface area contributed by atoms with Gasteiger partial charge in [-0.1, -0.05) is 12.1 Å². The van der Waals surface area contributed by atoms with Crippen molar-refractivity contribution in [1.29, 1.82) is 0 Å². The highest BCUT2D eigenvalue weighted by molar-refractivity contribution is 5.29. The summed E-state index contributed by atoms with van der Waals surface area (Å²) in [5.74, 6) is -0.0865. The molecule has 0 aliphatic rings. The maximum Gasteiger partial charge on any atom is 0.573 e. The summed E-state index contributed by atoms with van der Waals surface area (Å²) in [6, 6.07) is 5.92. The Bertz CT molecular complexity index is 392. The molecule has 0 saturated carbocycles. The Morgan fingerprint density at radius 3 is 1.80 bits per heavy atom. The van der Waals surface area contributed by atoms with Crippen LogP contribution in [0.1, 0.15) is 38.2 Å². The third kappa shape index (κ3) is 6.25. The fourth-order valence-corrected chi connectivity index (χ4v) is 2.21. The van der Waals surface area contributed by atoms with Gasteiger partial charge in [0.1, 0.15) is 5.75 Å². The van der Waals surface area contributed by atoms with E-state index in [2.05, 4.69) is 4.74 Å².